The molecule has 0 spiro atoms. The molecule has 0 fully saturated rings. The second-order valence-electron chi connectivity index (χ2n) is 6.23. The molecule has 3 heteroatoms. The van der Waals surface area contributed by atoms with Gasteiger partial charge in [-0.1, -0.05) is 48.5 Å². The molecule has 0 unspecified atom stereocenters. The summed E-state index contributed by atoms with van der Waals surface area (Å²) in [6.07, 6.45) is 1.42. The third-order valence-electron chi connectivity index (χ3n) is 4.86. The van der Waals surface area contributed by atoms with Gasteiger partial charge in [0.25, 0.3) is 0 Å². The molecule has 116 valence electrons. The minimum atomic E-state index is 0.217. The van der Waals surface area contributed by atoms with Gasteiger partial charge in [0.2, 0.25) is 5.91 Å². The average molecular weight is 304 g/mol. The van der Waals surface area contributed by atoms with Crippen LogP contribution in [0.3, 0.4) is 0 Å². The van der Waals surface area contributed by atoms with Crippen molar-refractivity contribution in [3.63, 3.8) is 0 Å². The minimum Gasteiger partial charge on any atom is -0.347 e. The van der Waals surface area contributed by atoms with Gasteiger partial charge in [-0.3, -0.25) is 4.79 Å². The molecule has 2 aromatic carbocycles. The Bertz CT molecular complexity index is 864. The summed E-state index contributed by atoms with van der Waals surface area (Å²) < 4.78 is 2.28. The van der Waals surface area contributed by atoms with E-state index in [1.807, 2.05) is 35.2 Å². The van der Waals surface area contributed by atoms with Crippen molar-refractivity contribution in [3.05, 3.63) is 71.4 Å². The summed E-state index contributed by atoms with van der Waals surface area (Å²) >= 11 is 0. The topological polar surface area (TPSA) is 25.2 Å². The van der Waals surface area contributed by atoms with Crippen LogP contribution in [-0.4, -0.2) is 21.9 Å². The van der Waals surface area contributed by atoms with Gasteiger partial charge in [0.1, 0.15) is 0 Å². The van der Waals surface area contributed by atoms with Crippen LogP contribution in [0.25, 0.3) is 10.9 Å². The highest BCUT2D eigenvalue weighted by atomic mass is 16.2. The molecule has 23 heavy (non-hydrogen) atoms. The molecular formula is C20H20N2O. The second-order valence-corrected chi connectivity index (χ2v) is 6.23. The summed E-state index contributed by atoms with van der Waals surface area (Å²) in [5.41, 5.74) is 5.03. The SMILES string of the molecule is Cn1c2c(c3ccccc31)CN(C(=O)Cc1ccccc1)CC2. The predicted molar refractivity (Wildman–Crippen MR) is 92.2 cm³/mol. The Morgan fingerprint density at radius 1 is 1.04 bits per heavy atom. The van der Waals surface area contributed by atoms with Crippen LogP contribution >= 0.6 is 0 Å². The van der Waals surface area contributed by atoms with Crippen LogP contribution in [0.5, 0.6) is 0 Å². The molecule has 1 aliphatic rings. The molecule has 2 heterocycles. The van der Waals surface area contributed by atoms with E-state index in [4.69, 9.17) is 0 Å². The molecule has 0 saturated carbocycles. The lowest BCUT2D eigenvalue weighted by Crippen LogP contribution is -2.37. The third-order valence-corrected chi connectivity index (χ3v) is 4.86. The lowest BCUT2D eigenvalue weighted by Gasteiger charge is -2.28. The first-order valence-corrected chi connectivity index (χ1v) is 8.11. The van der Waals surface area contributed by atoms with E-state index >= 15 is 0 Å². The molecular weight excluding hydrogens is 284 g/mol. The Morgan fingerprint density at radius 2 is 1.78 bits per heavy atom. The second kappa shape index (κ2) is 5.58. The van der Waals surface area contributed by atoms with Crippen molar-refractivity contribution in [1.29, 1.82) is 0 Å². The van der Waals surface area contributed by atoms with Crippen molar-refractivity contribution < 1.29 is 4.79 Å². The van der Waals surface area contributed by atoms with Gasteiger partial charge in [0, 0.05) is 48.7 Å². The maximum Gasteiger partial charge on any atom is 0.227 e. The van der Waals surface area contributed by atoms with Crippen LogP contribution in [0.4, 0.5) is 0 Å². The molecule has 0 radical (unpaired) electrons. The van der Waals surface area contributed by atoms with Gasteiger partial charge in [-0.25, -0.2) is 0 Å². The van der Waals surface area contributed by atoms with E-state index in [-0.39, 0.29) is 5.91 Å². The van der Waals surface area contributed by atoms with Crippen molar-refractivity contribution >= 4 is 16.8 Å². The number of carbonyl (C=O) groups is 1. The summed E-state index contributed by atoms with van der Waals surface area (Å²) in [4.78, 5) is 14.6. The molecule has 3 nitrogen and oxygen atoms in total. The molecule has 0 atom stereocenters. The Kier molecular flexibility index (Phi) is 3.41. The summed E-state index contributed by atoms with van der Waals surface area (Å²) in [5.74, 6) is 0.217. The van der Waals surface area contributed by atoms with Crippen LogP contribution in [0.2, 0.25) is 0 Å². The van der Waals surface area contributed by atoms with Crippen molar-refractivity contribution in [2.45, 2.75) is 19.4 Å². The summed E-state index contributed by atoms with van der Waals surface area (Å²) in [5, 5.41) is 1.28. The normalized spacial score (nSPS) is 14.0. The molecule has 1 aliphatic heterocycles. The zero-order valence-electron chi connectivity index (χ0n) is 13.3. The van der Waals surface area contributed by atoms with Crippen LogP contribution in [-0.2, 0) is 31.2 Å². The summed E-state index contributed by atoms with van der Waals surface area (Å²) in [6.45, 7) is 1.53. The molecule has 0 saturated heterocycles. The van der Waals surface area contributed by atoms with E-state index in [1.54, 1.807) is 0 Å². The largest absolute Gasteiger partial charge is 0.347 e. The number of aryl methyl sites for hydroxylation is 1. The minimum absolute atomic E-state index is 0.217. The Labute approximate surface area is 136 Å². The number of amides is 1. The lowest BCUT2D eigenvalue weighted by atomic mass is 10.0. The number of hydrogen-bond donors (Lipinski definition) is 0. The fourth-order valence-corrected chi connectivity index (χ4v) is 3.63. The van der Waals surface area contributed by atoms with Gasteiger partial charge in [-0.05, 0) is 11.6 Å². The Balaban J connectivity index is 1.61. The van der Waals surface area contributed by atoms with Crippen LogP contribution in [0.1, 0.15) is 16.8 Å². The first-order chi connectivity index (χ1) is 11.2. The number of hydrogen-bond acceptors (Lipinski definition) is 1. The predicted octanol–water partition coefficient (Wildman–Crippen LogP) is 3.31. The smallest absolute Gasteiger partial charge is 0.227 e. The maximum atomic E-state index is 12.6. The lowest BCUT2D eigenvalue weighted by molar-refractivity contribution is -0.131. The van der Waals surface area contributed by atoms with Gasteiger partial charge in [0.15, 0.2) is 0 Å². The first kappa shape index (κ1) is 14.1. The number of aromatic nitrogens is 1. The molecule has 1 amide bonds. The Morgan fingerprint density at radius 3 is 2.61 bits per heavy atom. The zero-order valence-corrected chi connectivity index (χ0v) is 13.3. The quantitative estimate of drug-likeness (QED) is 0.713. The number of fused-ring (bicyclic) bond motifs is 3. The highest BCUT2D eigenvalue weighted by molar-refractivity contribution is 5.87. The summed E-state index contributed by atoms with van der Waals surface area (Å²) in [6, 6.07) is 18.5. The fraction of sp³-hybridized carbons (Fsp3) is 0.250. The van der Waals surface area contributed by atoms with Crippen molar-refractivity contribution in [2.75, 3.05) is 6.54 Å². The molecule has 1 aromatic heterocycles. The fourth-order valence-electron chi connectivity index (χ4n) is 3.63. The monoisotopic (exact) mass is 304 g/mol. The summed E-state index contributed by atoms with van der Waals surface area (Å²) in [7, 11) is 2.13. The van der Waals surface area contributed by atoms with E-state index < -0.39 is 0 Å². The number of carbonyl (C=O) groups excluding carboxylic acids is 1. The standard InChI is InChI=1S/C20H20N2O/c1-21-18-10-6-5-9-16(18)17-14-22(12-11-19(17)21)20(23)13-15-7-3-2-4-8-15/h2-10H,11-14H2,1H3. The zero-order chi connectivity index (χ0) is 15.8. The van der Waals surface area contributed by atoms with Crippen LogP contribution in [0.15, 0.2) is 54.6 Å². The van der Waals surface area contributed by atoms with Gasteiger partial charge < -0.3 is 9.47 Å². The highest BCUT2D eigenvalue weighted by Crippen LogP contribution is 2.30. The molecule has 0 bridgehead atoms. The van der Waals surface area contributed by atoms with Gasteiger partial charge in [-0.2, -0.15) is 0 Å². The van der Waals surface area contributed by atoms with Gasteiger partial charge >= 0.3 is 0 Å². The number of para-hydroxylation sites is 1. The number of benzene rings is 2. The third kappa shape index (κ3) is 2.42. The van der Waals surface area contributed by atoms with E-state index in [2.05, 4.69) is 35.9 Å². The van der Waals surface area contributed by atoms with E-state index in [9.17, 15) is 4.79 Å². The van der Waals surface area contributed by atoms with E-state index in [1.165, 1.54) is 22.2 Å². The highest BCUT2D eigenvalue weighted by Gasteiger charge is 2.25. The van der Waals surface area contributed by atoms with Crippen molar-refractivity contribution in [3.8, 4) is 0 Å². The first-order valence-electron chi connectivity index (χ1n) is 8.11. The van der Waals surface area contributed by atoms with Gasteiger partial charge in [0.05, 0.1) is 6.42 Å². The molecule has 4 rings (SSSR count). The maximum absolute atomic E-state index is 12.6. The average Bonchev–Trinajstić information content (AvgIpc) is 2.89. The van der Waals surface area contributed by atoms with Gasteiger partial charge in [-0.15, -0.1) is 0 Å². The number of nitrogens with zero attached hydrogens (tertiary/aromatic N) is 2. The van der Waals surface area contributed by atoms with Crippen molar-refractivity contribution in [1.82, 2.24) is 9.47 Å². The van der Waals surface area contributed by atoms with E-state index in [0.717, 1.165) is 25.1 Å². The van der Waals surface area contributed by atoms with Crippen molar-refractivity contribution in [2.24, 2.45) is 7.05 Å². The molecule has 0 aliphatic carbocycles. The Hall–Kier alpha value is -2.55. The molecule has 3 aromatic rings. The van der Waals surface area contributed by atoms with Crippen LogP contribution < -0.4 is 0 Å². The van der Waals surface area contributed by atoms with Crippen LogP contribution in [0, 0.1) is 0 Å². The molecule has 0 N–H and O–H groups in total. The van der Waals surface area contributed by atoms with E-state index in [0.29, 0.717) is 6.42 Å². The number of rotatable bonds is 2.